The Kier molecular flexibility index (Phi) is 4.09. The van der Waals surface area contributed by atoms with Gasteiger partial charge in [-0.2, -0.15) is 5.10 Å². The normalized spacial score (nSPS) is 18.1. The molecule has 0 atom stereocenters. The van der Waals surface area contributed by atoms with Gasteiger partial charge in [-0.15, -0.1) is 0 Å². The maximum absolute atomic E-state index is 12.5. The number of carbonyl (C=O) groups excluding carboxylic acids is 2. The van der Waals surface area contributed by atoms with Crippen LogP contribution in [-0.2, 0) is 9.59 Å². The Hall–Kier alpha value is -2.89. The highest BCUT2D eigenvalue weighted by atomic mass is 16.2. The summed E-state index contributed by atoms with van der Waals surface area (Å²) < 4.78 is 0. The molecular formula is C19H20N4O2. The topological polar surface area (TPSA) is 65.0 Å². The smallest absolute Gasteiger partial charge is 0.270 e. The van der Waals surface area contributed by atoms with Gasteiger partial charge in [-0.1, -0.05) is 36.4 Å². The zero-order valence-electron chi connectivity index (χ0n) is 13.9. The number of hydrazone groups is 1. The third-order valence-electron chi connectivity index (χ3n) is 4.83. The molecule has 2 aromatic rings. The van der Waals surface area contributed by atoms with Crippen LogP contribution in [0.4, 0.5) is 5.69 Å². The number of fused-ring (bicyclic) bond motifs is 1. The summed E-state index contributed by atoms with van der Waals surface area (Å²) >= 11 is 0. The highest BCUT2D eigenvalue weighted by molar-refractivity contribution is 6.39. The molecule has 2 amide bonds. The van der Waals surface area contributed by atoms with Gasteiger partial charge in [0, 0.05) is 50.1 Å². The van der Waals surface area contributed by atoms with Crippen molar-refractivity contribution in [2.75, 3.05) is 31.1 Å². The highest BCUT2D eigenvalue weighted by Gasteiger charge is 2.27. The summed E-state index contributed by atoms with van der Waals surface area (Å²) in [6.07, 6.45) is 0.759. The lowest BCUT2D eigenvalue weighted by Gasteiger charge is -2.37. The molecule has 25 heavy (non-hydrogen) atoms. The number of nitrogens with zero attached hydrogens (tertiary/aromatic N) is 3. The maximum Gasteiger partial charge on any atom is 0.270 e. The van der Waals surface area contributed by atoms with Gasteiger partial charge < -0.3 is 9.80 Å². The third-order valence-corrected chi connectivity index (χ3v) is 4.83. The van der Waals surface area contributed by atoms with Crippen LogP contribution in [0, 0.1) is 0 Å². The van der Waals surface area contributed by atoms with E-state index in [2.05, 4.69) is 51.8 Å². The second kappa shape index (κ2) is 6.55. The van der Waals surface area contributed by atoms with Crippen LogP contribution in [0.5, 0.6) is 0 Å². The molecule has 0 aliphatic carbocycles. The first kappa shape index (κ1) is 15.6. The predicted molar refractivity (Wildman–Crippen MR) is 97.6 cm³/mol. The zero-order valence-corrected chi connectivity index (χ0v) is 13.9. The van der Waals surface area contributed by atoms with Crippen molar-refractivity contribution in [1.29, 1.82) is 0 Å². The van der Waals surface area contributed by atoms with Crippen molar-refractivity contribution in [3.8, 4) is 0 Å². The molecule has 0 radical (unpaired) electrons. The Bertz CT molecular complexity index is 848. The van der Waals surface area contributed by atoms with E-state index in [0.29, 0.717) is 31.6 Å². The van der Waals surface area contributed by atoms with Gasteiger partial charge in [0.1, 0.15) is 5.71 Å². The van der Waals surface area contributed by atoms with Crippen molar-refractivity contribution in [2.24, 2.45) is 5.10 Å². The predicted octanol–water partition coefficient (Wildman–Crippen LogP) is 1.75. The van der Waals surface area contributed by atoms with Gasteiger partial charge in [-0.05, 0) is 11.5 Å². The monoisotopic (exact) mass is 336 g/mol. The van der Waals surface area contributed by atoms with Crippen LogP contribution in [0.25, 0.3) is 10.8 Å². The number of amides is 2. The van der Waals surface area contributed by atoms with Crippen LogP contribution in [-0.4, -0.2) is 48.6 Å². The molecule has 1 saturated heterocycles. The fourth-order valence-electron chi connectivity index (χ4n) is 3.45. The molecule has 0 spiro atoms. The van der Waals surface area contributed by atoms with Crippen LogP contribution < -0.4 is 10.3 Å². The number of nitrogens with one attached hydrogen (secondary N) is 1. The number of benzene rings is 2. The van der Waals surface area contributed by atoms with E-state index in [-0.39, 0.29) is 11.8 Å². The van der Waals surface area contributed by atoms with Gasteiger partial charge in [0.15, 0.2) is 0 Å². The molecule has 4 rings (SSSR count). The van der Waals surface area contributed by atoms with E-state index in [4.69, 9.17) is 0 Å². The van der Waals surface area contributed by atoms with Crippen molar-refractivity contribution >= 4 is 34.0 Å². The summed E-state index contributed by atoms with van der Waals surface area (Å²) in [7, 11) is 0. The van der Waals surface area contributed by atoms with Gasteiger partial charge in [0.2, 0.25) is 5.91 Å². The Morgan fingerprint density at radius 1 is 0.960 bits per heavy atom. The summed E-state index contributed by atoms with van der Waals surface area (Å²) in [6, 6.07) is 14.7. The lowest BCUT2D eigenvalue weighted by atomic mass is 10.1. The maximum atomic E-state index is 12.5. The van der Waals surface area contributed by atoms with E-state index in [1.807, 2.05) is 11.0 Å². The second-order valence-electron chi connectivity index (χ2n) is 6.37. The standard InChI is InChI=1S/C19H20N4O2/c24-18-9-8-16(20-21-18)19(25)23-12-10-22(11-13-23)17-7-3-5-14-4-1-2-6-15(14)17/h1-7H,8-13H2,(H,21,24). The number of hydrogen-bond acceptors (Lipinski definition) is 4. The van der Waals surface area contributed by atoms with E-state index in [0.717, 1.165) is 13.1 Å². The lowest BCUT2D eigenvalue weighted by molar-refractivity contribution is -0.124. The number of rotatable bonds is 2. The van der Waals surface area contributed by atoms with Crippen LogP contribution in [0.3, 0.4) is 0 Å². The number of carbonyl (C=O) groups is 2. The van der Waals surface area contributed by atoms with E-state index in [1.165, 1.54) is 16.5 Å². The molecular weight excluding hydrogens is 316 g/mol. The van der Waals surface area contributed by atoms with Gasteiger partial charge in [0.25, 0.3) is 5.91 Å². The van der Waals surface area contributed by atoms with Crippen molar-refractivity contribution in [3.05, 3.63) is 42.5 Å². The molecule has 2 aliphatic heterocycles. The lowest BCUT2D eigenvalue weighted by Crippen LogP contribution is -2.51. The van der Waals surface area contributed by atoms with Crippen molar-refractivity contribution < 1.29 is 9.59 Å². The Morgan fingerprint density at radius 3 is 2.48 bits per heavy atom. The van der Waals surface area contributed by atoms with Crippen LogP contribution in [0.1, 0.15) is 12.8 Å². The molecule has 128 valence electrons. The average Bonchev–Trinajstić information content (AvgIpc) is 2.68. The molecule has 0 unspecified atom stereocenters. The van der Waals surface area contributed by atoms with E-state index >= 15 is 0 Å². The van der Waals surface area contributed by atoms with Crippen LogP contribution in [0.2, 0.25) is 0 Å². The summed E-state index contributed by atoms with van der Waals surface area (Å²) in [4.78, 5) is 27.9. The first-order chi connectivity index (χ1) is 12.2. The van der Waals surface area contributed by atoms with Gasteiger partial charge in [-0.3, -0.25) is 9.59 Å². The van der Waals surface area contributed by atoms with Crippen molar-refractivity contribution in [2.45, 2.75) is 12.8 Å². The van der Waals surface area contributed by atoms with E-state index in [1.54, 1.807) is 0 Å². The molecule has 6 heteroatoms. The van der Waals surface area contributed by atoms with E-state index < -0.39 is 0 Å². The molecule has 2 aromatic carbocycles. The average molecular weight is 336 g/mol. The van der Waals surface area contributed by atoms with E-state index in [9.17, 15) is 9.59 Å². The largest absolute Gasteiger partial charge is 0.367 e. The first-order valence-corrected chi connectivity index (χ1v) is 8.60. The molecule has 1 fully saturated rings. The van der Waals surface area contributed by atoms with Crippen molar-refractivity contribution in [1.82, 2.24) is 10.3 Å². The molecule has 6 nitrogen and oxygen atoms in total. The fraction of sp³-hybridized carbons (Fsp3) is 0.316. The quantitative estimate of drug-likeness (QED) is 0.909. The Labute approximate surface area is 146 Å². The van der Waals surface area contributed by atoms with Crippen molar-refractivity contribution in [3.63, 3.8) is 0 Å². The van der Waals surface area contributed by atoms with Gasteiger partial charge >= 0.3 is 0 Å². The van der Waals surface area contributed by atoms with Gasteiger partial charge in [0.05, 0.1) is 0 Å². The first-order valence-electron chi connectivity index (χ1n) is 8.60. The minimum Gasteiger partial charge on any atom is -0.367 e. The highest BCUT2D eigenvalue weighted by Crippen LogP contribution is 2.27. The zero-order chi connectivity index (χ0) is 17.2. The Morgan fingerprint density at radius 2 is 1.72 bits per heavy atom. The molecule has 1 N–H and O–H groups in total. The minimum absolute atomic E-state index is 0.0578. The second-order valence-corrected chi connectivity index (χ2v) is 6.37. The Balaban J connectivity index is 1.46. The molecule has 2 heterocycles. The number of hydrogen-bond donors (Lipinski definition) is 1. The summed E-state index contributed by atoms with van der Waals surface area (Å²) in [5.74, 6) is -0.185. The molecule has 2 aliphatic rings. The molecule has 0 bridgehead atoms. The summed E-state index contributed by atoms with van der Waals surface area (Å²) in [5.41, 5.74) is 4.07. The molecule has 0 aromatic heterocycles. The summed E-state index contributed by atoms with van der Waals surface area (Å²) in [5, 5.41) is 6.38. The number of piperazine rings is 1. The molecule has 0 saturated carbocycles. The number of anilines is 1. The third kappa shape index (κ3) is 3.07. The van der Waals surface area contributed by atoms with Gasteiger partial charge in [-0.25, -0.2) is 5.43 Å². The van der Waals surface area contributed by atoms with Crippen LogP contribution in [0.15, 0.2) is 47.6 Å². The fourth-order valence-corrected chi connectivity index (χ4v) is 3.45. The minimum atomic E-state index is -0.127. The van der Waals surface area contributed by atoms with Crippen LogP contribution >= 0.6 is 0 Å². The SMILES string of the molecule is O=C1CCC(C(=O)N2CCN(c3cccc4ccccc34)CC2)=NN1. The summed E-state index contributed by atoms with van der Waals surface area (Å²) in [6.45, 7) is 2.91.